The molecule has 1 aromatic carbocycles. The van der Waals surface area contributed by atoms with Crippen molar-refractivity contribution in [1.82, 2.24) is 0 Å². The summed E-state index contributed by atoms with van der Waals surface area (Å²) in [4.78, 5) is 2.78. The smallest absolute Gasteiger partial charge is 0.0289 e. The largest absolute Gasteiger partial charge is 0.0937 e. The van der Waals surface area contributed by atoms with Crippen LogP contribution in [0.3, 0.4) is 0 Å². The van der Waals surface area contributed by atoms with Crippen LogP contribution < -0.4 is 0 Å². The van der Waals surface area contributed by atoms with Crippen molar-refractivity contribution in [3.63, 3.8) is 0 Å². The molecule has 0 aromatic heterocycles. The molecule has 0 amide bonds. The molecule has 1 aromatic rings. The van der Waals surface area contributed by atoms with Gasteiger partial charge in [0, 0.05) is 11.5 Å². The lowest BCUT2D eigenvalue weighted by atomic mass is 9.89. The molecular formula is C11H15N3. The molecule has 14 heavy (non-hydrogen) atoms. The molecule has 0 aliphatic carbocycles. The minimum absolute atomic E-state index is 0.383. The van der Waals surface area contributed by atoms with E-state index < -0.39 is 0 Å². The highest BCUT2D eigenvalue weighted by Crippen LogP contribution is 2.23. The van der Waals surface area contributed by atoms with Crippen molar-refractivity contribution in [1.29, 1.82) is 0 Å². The van der Waals surface area contributed by atoms with Crippen molar-refractivity contribution in [2.75, 3.05) is 6.54 Å². The molecule has 0 aliphatic rings. The van der Waals surface area contributed by atoms with Gasteiger partial charge < -0.3 is 0 Å². The predicted molar refractivity (Wildman–Crippen MR) is 58.0 cm³/mol. The third-order valence-electron chi connectivity index (χ3n) is 2.61. The third-order valence-corrected chi connectivity index (χ3v) is 2.61. The van der Waals surface area contributed by atoms with E-state index in [2.05, 4.69) is 36.0 Å². The molecule has 3 heteroatoms. The van der Waals surface area contributed by atoms with Gasteiger partial charge in [-0.1, -0.05) is 49.3 Å². The number of hydrogen-bond acceptors (Lipinski definition) is 1. The van der Waals surface area contributed by atoms with Gasteiger partial charge in [0.15, 0.2) is 0 Å². The van der Waals surface area contributed by atoms with Crippen molar-refractivity contribution in [3.8, 4) is 0 Å². The Labute approximate surface area is 84.4 Å². The summed E-state index contributed by atoms with van der Waals surface area (Å²) in [5.41, 5.74) is 9.53. The van der Waals surface area contributed by atoms with Crippen molar-refractivity contribution in [2.45, 2.75) is 19.8 Å². The van der Waals surface area contributed by atoms with E-state index in [1.807, 2.05) is 18.2 Å². The zero-order chi connectivity index (χ0) is 10.4. The van der Waals surface area contributed by atoms with E-state index in [-0.39, 0.29) is 0 Å². The molecule has 0 saturated heterocycles. The summed E-state index contributed by atoms with van der Waals surface area (Å²) in [5.74, 6) is 0.815. The second-order valence-corrected chi connectivity index (χ2v) is 3.59. The first-order chi connectivity index (χ1) is 6.75. The lowest BCUT2D eigenvalue weighted by Crippen LogP contribution is -2.08. The SMILES string of the molecule is C[C@H](c1ccccc1)[C@@H](C)CN=[N+]=[N-]. The fourth-order valence-corrected chi connectivity index (χ4v) is 1.41. The number of azide groups is 1. The molecule has 0 bridgehead atoms. The summed E-state index contributed by atoms with van der Waals surface area (Å²) in [5, 5.41) is 3.60. The zero-order valence-electron chi connectivity index (χ0n) is 8.59. The molecule has 1 rings (SSSR count). The van der Waals surface area contributed by atoms with E-state index in [4.69, 9.17) is 5.53 Å². The van der Waals surface area contributed by atoms with Crippen LogP contribution in [0.4, 0.5) is 0 Å². The Balaban J connectivity index is 2.65. The summed E-state index contributed by atoms with van der Waals surface area (Å²) in [7, 11) is 0. The van der Waals surface area contributed by atoms with Crippen LogP contribution in [0.15, 0.2) is 35.4 Å². The van der Waals surface area contributed by atoms with Crippen LogP contribution in [0.2, 0.25) is 0 Å². The highest BCUT2D eigenvalue weighted by molar-refractivity contribution is 5.19. The van der Waals surface area contributed by atoms with Crippen LogP contribution >= 0.6 is 0 Å². The summed E-state index contributed by atoms with van der Waals surface area (Å²) in [6, 6.07) is 10.3. The lowest BCUT2D eigenvalue weighted by Gasteiger charge is -2.17. The fourth-order valence-electron chi connectivity index (χ4n) is 1.41. The molecule has 0 N–H and O–H groups in total. The topological polar surface area (TPSA) is 48.8 Å². The minimum atomic E-state index is 0.383. The predicted octanol–water partition coefficient (Wildman–Crippen LogP) is 3.74. The van der Waals surface area contributed by atoms with E-state index in [0.717, 1.165) is 0 Å². The summed E-state index contributed by atoms with van der Waals surface area (Å²) >= 11 is 0. The van der Waals surface area contributed by atoms with Crippen molar-refractivity contribution >= 4 is 0 Å². The molecule has 0 radical (unpaired) electrons. The zero-order valence-corrected chi connectivity index (χ0v) is 8.59. The van der Waals surface area contributed by atoms with E-state index in [0.29, 0.717) is 18.4 Å². The molecule has 0 heterocycles. The van der Waals surface area contributed by atoms with Crippen molar-refractivity contribution in [3.05, 3.63) is 46.3 Å². The Morgan fingerprint density at radius 3 is 2.50 bits per heavy atom. The maximum Gasteiger partial charge on any atom is 0.0289 e. The van der Waals surface area contributed by atoms with Crippen molar-refractivity contribution < 1.29 is 0 Å². The second kappa shape index (κ2) is 5.30. The Morgan fingerprint density at radius 2 is 1.93 bits per heavy atom. The van der Waals surface area contributed by atoms with Gasteiger partial charge >= 0.3 is 0 Å². The van der Waals surface area contributed by atoms with Gasteiger partial charge in [-0.3, -0.25) is 0 Å². The first kappa shape index (κ1) is 10.6. The van der Waals surface area contributed by atoms with Crippen LogP contribution in [0, 0.1) is 5.92 Å². The molecule has 3 nitrogen and oxygen atoms in total. The number of rotatable bonds is 4. The normalized spacial score (nSPS) is 14.1. The van der Waals surface area contributed by atoms with Gasteiger partial charge in [0.1, 0.15) is 0 Å². The number of nitrogens with zero attached hydrogens (tertiary/aromatic N) is 3. The third kappa shape index (κ3) is 2.79. The first-order valence-electron chi connectivity index (χ1n) is 4.81. The van der Waals surface area contributed by atoms with Crippen LogP contribution in [-0.4, -0.2) is 6.54 Å². The minimum Gasteiger partial charge on any atom is -0.0937 e. The van der Waals surface area contributed by atoms with E-state index in [1.165, 1.54) is 5.56 Å². The fraction of sp³-hybridized carbons (Fsp3) is 0.455. The van der Waals surface area contributed by atoms with Gasteiger partial charge in [-0.2, -0.15) is 0 Å². The summed E-state index contributed by atoms with van der Waals surface area (Å²) in [6.45, 7) is 4.83. The Morgan fingerprint density at radius 1 is 1.29 bits per heavy atom. The van der Waals surface area contributed by atoms with Gasteiger partial charge in [0.2, 0.25) is 0 Å². The quantitative estimate of drug-likeness (QED) is 0.393. The molecule has 0 saturated carbocycles. The summed E-state index contributed by atoms with van der Waals surface area (Å²) in [6.07, 6.45) is 0. The highest BCUT2D eigenvalue weighted by atomic mass is 15.1. The van der Waals surface area contributed by atoms with E-state index in [9.17, 15) is 0 Å². The first-order valence-corrected chi connectivity index (χ1v) is 4.81. The van der Waals surface area contributed by atoms with Gasteiger partial charge in [-0.15, -0.1) is 0 Å². The molecule has 0 spiro atoms. The van der Waals surface area contributed by atoms with Gasteiger partial charge in [-0.25, -0.2) is 0 Å². The van der Waals surface area contributed by atoms with Crippen LogP contribution in [0.5, 0.6) is 0 Å². The lowest BCUT2D eigenvalue weighted by molar-refractivity contribution is 0.498. The van der Waals surface area contributed by atoms with Gasteiger partial charge in [0.05, 0.1) is 0 Å². The van der Waals surface area contributed by atoms with Gasteiger partial charge in [0.25, 0.3) is 0 Å². The Hall–Kier alpha value is -1.47. The van der Waals surface area contributed by atoms with Crippen LogP contribution in [0.1, 0.15) is 25.3 Å². The molecule has 74 valence electrons. The average molecular weight is 189 g/mol. The van der Waals surface area contributed by atoms with E-state index >= 15 is 0 Å². The van der Waals surface area contributed by atoms with E-state index in [1.54, 1.807) is 0 Å². The molecule has 0 unspecified atom stereocenters. The molecule has 0 fully saturated rings. The number of benzene rings is 1. The van der Waals surface area contributed by atoms with Crippen LogP contribution in [0.25, 0.3) is 10.4 Å². The maximum atomic E-state index is 8.23. The standard InChI is InChI=1S/C11H15N3/c1-9(8-13-14-12)10(2)11-6-4-3-5-7-11/h3-7,9-10H,8H2,1-2H3/t9-,10-/m0/s1. The van der Waals surface area contributed by atoms with Crippen molar-refractivity contribution in [2.24, 2.45) is 11.0 Å². The maximum absolute atomic E-state index is 8.23. The Bertz CT molecular complexity index is 315. The molecule has 0 aliphatic heterocycles. The highest BCUT2D eigenvalue weighted by Gasteiger charge is 2.12. The molecular weight excluding hydrogens is 174 g/mol. The molecule has 2 atom stereocenters. The van der Waals surface area contributed by atoms with Gasteiger partial charge in [-0.05, 0) is 22.9 Å². The second-order valence-electron chi connectivity index (χ2n) is 3.59. The van der Waals surface area contributed by atoms with Crippen LogP contribution in [-0.2, 0) is 0 Å². The summed E-state index contributed by atoms with van der Waals surface area (Å²) < 4.78 is 0. The Kier molecular flexibility index (Phi) is 4.02. The number of hydrogen-bond donors (Lipinski definition) is 0. The monoisotopic (exact) mass is 189 g/mol. The average Bonchev–Trinajstić information content (AvgIpc) is 2.26.